The van der Waals surface area contributed by atoms with Crippen molar-refractivity contribution < 1.29 is 9.53 Å². The van der Waals surface area contributed by atoms with Gasteiger partial charge in [-0.1, -0.05) is 0 Å². The topological polar surface area (TPSA) is 51.2 Å². The third-order valence-electron chi connectivity index (χ3n) is 2.07. The van der Waals surface area contributed by atoms with Gasteiger partial charge in [-0.15, -0.1) is 11.3 Å². The Morgan fingerprint density at radius 1 is 1.67 bits per heavy atom. The van der Waals surface area contributed by atoms with Crippen LogP contribution in [0.15, 0.2) is 5.38 Å². The zero-order chi connectivity index (χ0) is 11.5. The van der Waals surface area contributed by atoms with Gasteiger partial charge in [0.1, 0.15) is 5.54 Å². The number of carbonyl (C=O) groups excluding carboxylic acids is 1. The fraction of sp³-hybridized carbons (Fsp3) is 0.600. The van der Waals surface area contributed by atoms with E-state index in [1.54, 1.807) is 25.2 Å². The highest BCUT2D eigenvalue weighted by atomic mass is 32.1. The van der Waals surface area contributed by atoms with Crippen molar-refractivity contribution in [3.05, 3.63) is 16.1 Å². The Hall–Kier alpha value is -0.940. The minimum atomic E-state index is -0.674. The van der Waals surface area contributed by atoms with E-state index in [4.69, 9.17) is 0 Å². The summed E-state index contributed by atoms with van der Waals surface area (Å²) in [6, 6.07) is 0. The lowest BCUT2D eigenvalue weighted by Crippen LogP contribution is -2.47. The molecule has 84 valence electrons. The van der Waals surface area contributed by atoms with Crippen LogP contribution in [0.25, 0.3) is 0 Å². The van der Waals surface area contributed by atoms with Crippen LogP contribution in [-0.4, -0.2) is 23.6 Å². The normalized spacial score (nSPS) is 11.5. The van der Waals surface area contributed by atoms with Crippen LogP contribution in [-0.2, 0) is 16.1 Å². The highest BCUT2D eigenvalue weighted by Gasteiger charge is 2.27. The van der Waals surface area contributed by atoms with Crippen LogP contribution in [0.5, 0.6) is 0 Å². The molecule has 0 aliphatic heterocycles. The van der Waals surface area contributed by atoms with Crippen molar-refractivity contribution in [1.82, 2.24) is 10.3 Å². The van der Waals surface area contributed by atoms with Crippen LogP contribution in [0, 0.1) is 6.92 Å². The summed E-state index contributed by atoms with van der Waals surface area (Å²) in [6.07, 6.45) is 0. The quantitative estimate of drug-likeness (QED) is 0.793. The van der Waals surface area contributed by atoms with Crippen LogP contribution in [0.2, 0.25) is 0 Å². The van der Waals surface area contributed by atoms with Gasteiger partial charge in [-0.2, -0.15) is 0 Å². The molecule has 0 amide bonds. The molecule has 0 spiro atoms. The summed E-state index contributed by atoms with van der Waals surface area (Å²) in [6.45, 7) is 6.11. The van der Waals surface area contributed by atoms with Gasteiger partial charge in [0.05, 0.1) is 17.8 Å². The number of thiazole rings is 1. The Bertz CT molecular complexity index is 347. The van der Waals surface area contributed by atoms with Gasteiger partial charge in [0.2, 0.25) is 0 Å². The Morgan fingerprint density at radius 3 is 2.80 bits per heavy atom. The van der Waals surface area contributed by atoms with E-state index in [9.17, 15) is 4.79 Å². The Morgan fingerprint density at radius 2 is 2.33 bits per heavy atom. The second kappa shape index (κ2) is 4.72. The van der Waals surface area contributed by atoms with Gasteiger partial charge >= 0.3 is 5.97 Å². The van der Waals surface area contributed by atoms with Gasteiger partial charge in [-0.3, -0.25) is 10.1 Å². The number of aromatic nitrogens is 1. The summed E-state index contributed by atoms with van der Waals surface area (Å²) < 4.78 is 4.69. The number of nitrogens with zero attached hydrogens (tertiary/aromatic N) is 1. The zero-order valence-corrected chi connectivity index (χ0v) is 10.3. The van der Waals surface area contributed by atoms with Crippen molar-refractivity contribution in [3.63, 3.8) is 0 Å². The van der Waals surface area contributed by atoms with E-state index >= 15 is 0 Å². The van der Waals surface area contributed by atoms with Crippen molar-refractivity contribution >= 4 is 17.3 Å². The highest BCUT2D eigenvalue weighted by molar-refractivity contribution is 7.09. The highest BCUT2D eigenvalue weighted by Crippen LogP contribution is 2.10. The standard InChI is InChI=1S/C10H16N2O2S/c1-7-12-8(6-15-7)5-11-10(2,3)9(13)14-4/h6,11H,5H2,1-4H3. The van der Waals surface area contributed by atoms with E-state index in [1.165, 1.54) is 7.11 Å². The smallest absolute Gasteiger partial charge is 0.325 e. The van der Waals surface area contributed by atoms with Gasteiger partial charge in [0.25, 0.3) is 0 Å². The van der Waals surface area contributed by atoms with Gasteiger partial charge in [0, 0.05) is 11.9 Å². The molecule has 1 rings (SSSR count). The van der Waals surface area contributed by atoms with Gasteiger partial charge in [-0.25, -0.2) is 4.98 Å². The fourth-order valence-electron chi connectivity index (χ4n) is 1.13. The molecule has 1 aromatic rings. The van der Waals surface area contributed by atoms with E-state index < -0.39 is 5.54 Å². The minimum absolute atomic E-state index is 0.269. The molecule has 1 heterocycles. The molecule has 0 aliphatic rings. The maximum atomic E-state index is 11.4. The lowest BCUT2D eigenvalue weighted by Gasteiger charge is -2.22. The summed E-state index contributed by atoms with van der Waals surface area (Å²) in [5.74, 6) is -0.269. The SMILES string of the molecule is COC(=O)C(C)(C)NCc1csc(C)n1. The Labute approximate surface area is 93.7 Å². The summed E-state index contributed by atoms with van der Waals surface area (Å²) in [4.78, 5) is 15.7. The maximum absolute atomic E-state index is 11.4. The second-order valence-electron chi connectivity index (χ2n) is 3.83. The summed E-state index contributed by atoms with van der Waals surface area (Å²) in [5.41, 5.74) is 0.279. The van der Waals surface area contributed by atoms with Crippen LogP contribution in [0.3, 0.4) is 0 Å². The Balaban J connectivity index is 2.53. The fourth-order valence-corrected chi connectivity index (χ4v) is 1.74. The average Bonchev–Trinajstić information content (AvgIpc) is 2.60. The number of hydrogen-bond donors (Lipinski definition) is 1. The maximum Gasteiger partial charge on any atom is 0.325 e. The zero-order valence-electron chi connectivity index (χ0n) is 9.46. The van der Waals surface area contributed by atoms with E-state index in [0.29, 0.717) is 6.54 Å². The number of aryl methyl sites for hydroxylation is 1. The lowest BCUT2D eigenvalue weighted by molar-refractivity contribution is -0.147. The summed E-state index contributed by atoms with van der Waals surface area (Å²) >= 11 is 1.60. The first-order chi connectivity index (χ1) is 6.95. The first-order valence-corrected chi connectivity index (χ1v) is 5.58. The number of hydrogen-bond acceptors (Lipinski definition) is 5. The van der Waals surface area contributed by atoms with Gasteiger partial charge < -0.3 is 4.74 Å². The first kappa shape index (κ1) is 12.1. The van der Waals surface area contributed by atoms with Gasteiger partial charge in [0.15, 0.2) is 0 Å². The molecule has 0 atom stereocenters. The monoisotopic (exact) mass is 228 g/mol. The molecule has 0 radical (unpaired) electrons. The molecule has 1 N–H and O–H groups in total. The molecule has 0 aliphatic carbocycles. The number of methoxy groups -OCH3 is 1. The molecule has 4 nitrogen and oxygen atoms in total. The molecule has 5 heteroatoms. The summed E-state index contributed by atoms with van der Waals surface area (Å²) in [5, 5.41) is 6.12. The van der Waals surface area contributed by atoms with Crippen molar-refractivity contribution in [2.45, 2.75) is 32.9 Å². The van der Waals surface area contributed by atoms with Crippen LogP contribution >= 0.6 is 11.3 Å². The molecular weight excluding hydrogens is 212 g/mol. The first-order valence-electron chi connectivity index (χ1n) is 4.70. The minimum Gasteiger partial charge on any atom is -0.468 e. The van der Waals surface area contributed by atoms with Crippen LogP contribution in [0.4, 0.5) is 0 Å². The third kappa shape index (κ3) is 3.28. The van der Waals surface area contributed by atoms with Crippen LogP contribution in [0.1, 0.15) is 24.5 Å². The molecule has 0 saturated carbocycles. The molecule has 0 bridgehead atoms. The van der Waals surface area contributed by atoms with Crippen molar-refractivity contribution in [2.75, 3.05) is 7.11 Å². The molecule has 1 aromatic heterocycles. The number of ether oxygens (including phenoxy) is 1. The van der Waals surface area contributed by atoms with E-state index in [-0.39, 0.29) is 5.97 Å². The molecule has 15 heavy (non-hydrogen) atoms. The average molecular weight is 228 g/mol. The predicted molar refractivity (Wildman–Crippen MR) is 59.8 cm³/mol. The molecule has 0 aromatic carbocycles. The van der Waals surface area contributed by atoms with E-state index in [2.05, 4.69) is 15.0 Å². The third-order valence-corrected chi connectivity index (χ3v) is 2.90. The van der Waals surface area contributed by atoms with Crippen LogP contribution < -0.4 is 5.32 Å². The van der Waals surface area contributed by atoms with Crippen molar-refractivity contribution in [3.8, 4) is 0 Å². The van der Waals surface area contributed by atoms with E-state index in [1.807, 2.05) is 12.3 Å². The molecule has 0 fully saturated rings. The molecule has 0 saturated heterocycles. The number of nitrogens with one attached hydrogen (secondary N) is 1. The van der Waals surface area contributed by atoms with Crippen molar-refractivity contribution in [1.29, 1.82) is 0 Å². The number of esters is 1. The molecule has 0 unspecified atom stereocenters. The van der Waals surface area contributed by atoms with Gasteiger partial charge in [-0.05, 0) is 20.8 Å². The molecular formula is C10H16N2O2S. The second-order valence-corrected chi connectivity index (χ2v) is 4.89. The number of carbonyl (C=O) groups is 1. The summed E-state index contributed by atoms with van der Waals surface area (Å²) in [7, 11) is 1.39. The van der Waals surface area contributed by atoms with Crippen molar-refractivity contribution in [2.24, 2.45) is 0 Å². The largest absolute Gasteiger partial charge is 0.468 e. The van der Waals surface area contributed by atoms with E-state index in [0.717, 1.165) is 10.7 Å². The lowest BCUT2D eigenvalue weighted by atomic mass is 10.1. The number of rotatable bonds is 4. The predicted octanol–water partition coefficient (Wildman–Crippen LogP) is 1.49. The Kier molecular flexibility index (Phi) is 3.82.